The van der Waals surface area contributed by atoms with Crippen LogP contribution in [0.2, 0.25) is 5.02 Å². The van der Waals surface area contributed by atoms with Crippen molar-refractivity contribution in [2.24, 2.45) is 0 Å². The third kappa shape index (κ3) is 5.38. The molecule has 0 fully saturated rings. The van der Waals surface area contributed by atoms with Crippen molar-refractivity contribution < 1.29 is 18.0 Å². The van der Waals surface area contributed by atoms with Crippen LogP contribution in [0.25, 0.3) is 0 Å². The Balaban J connectivity index is 2.85. The molecule has 0 spiro atoms. The minimum atomic E-state index is -4.58. The molecule has 0 aromatic heterocycles. The SMILES string of the molecule is CC(C)(C)NCC(=O)Nc1ccc(Cl)cc1C(F)(F)F. The molecule has 3 nitrogen and oxygen atoms in total. The monoisotopic (exact) mass is 308 g/mol. The zero-order valence-corrected chi connectivity index (χ0v) is 12.1. The normalized spacial score (nSPS) is 12.3. The van der Waals surface area contributed by atoms with Crippen molar-refractivity contribution in [3.8, 4) is 0 Å². The quantitative estimate of drug-likeness (QED) is 0.894. The Morgan fingerprint density at radius 1 is 1.25 bits per heavy atom. The molecule has 0 radical (unpaired) electrons. The van der Waals surface area contributed by atoms with Crippen LogP contribution in [0.4, 0.5) is 18.9 Å². The summed E-state index contributed by atoms with van der Waals surface area (Å²) < 4.78 is 38.5. The molecular weight excluding hydrogens is 293 g/mol. The van der Waals surface area contributed by atoms with E-state index < -0.39 is 17.6 Å². The van der Waals surface area contributed by atoms with Gasteiger partial charge in [-0.25, -0.2) is 0 Å². The van der Waals surface area contributed by atoms with Gasteiger partial charge in [0.1, 0.15) is 0 Å². The number of hydrogen-bond acceptors (Lipinski definition) is 2. The van der Waals surface area contributed by atoms with Gasteiger partial charge in [-0.3, -0.25) is 4.79 Å². The van der Waals surface area contributed by atoms with Gasteiger partial charge in [-0.2, -0.15) is 13.2 Å². The third-order valence-corrected chi connectivity index (χ3v) is 2.58. The first-order valence-electron chi connectivity index (χ1n) is 5.91. The molecule has 20 heavy (non-hydrogen) atoms. The minimum Gasteiger partial charge on any atom is -0.324 e. The van der Waals surface area contributed by atoms with Gasteiger partial charge in [-0.05, 0) is 39.0 Å². The Kier molecular flexibility index (Phi) is 5.05. The fourth-order valence-corrected chi connectivity index (χ4v) is 1.57. The van der Waals surface area contributed by atoms with Crippen LogP contribution in [0.3, 0.4) is 0 Å². The highest BCUT2D eigenvalue weighted by Crippen LogP contribution is 2.36. The second kappa shape index (κ2) is 6.01. The molecule has 0 aliphatic carbocycles. The minimum absolute atomic E-state index is 0.0388. The van der Waals surface area contributed by atoms with Crippen molar-refractivity contribution in [2.45, 2.75) is 32.5 Å². The Bertz CT molecular complexity index is 495. The van der Waals surface area contributed by atoms with Gasteiger partial charge in [-0.1, -0.05) is 11.6 Å². The van der Waals surface area contributed by atoms with Gasteiger partial charge >= 0.3 is 6.18 Å². The zero-order valence-electron chi connectivity index (χ0n) is 11.4. The van der Waals surface area contributed by atoms with E-state index in [1.807, 2.05) is 20.8 Å². The molecule has 0 saturated heterocycles. The number of alkyl halides is 3. The van der Waals surface area contributed by atoms with Crippen molar-refractivity contribution >= 4 is 23.2 Å². The second-order valence-electron chi connectivity index (χ2n) is 5.34. The molecule has 1 aromatic carbocycles. The van der Waals surface area contributed by atoms with Crippen LogP contribution in [-0.4, -0.2) is 18.0 Å². The Morgan fingerprint density at radius 3 is 2.35 bits per heavy atom. The number of benzene rings is 1. The maximum Gasteiger partial charge on any atom is 0.418 e. The summed E-state index contributed by atoms with van der Waals surface area (Å²) in [7, 11) is 0. The fraction of sp³-hybridized carbons (Fsp3) is 0.462. The van der Waals surface area contributed by atoms with E-state index in [1.54, 1.807) is 0 Å². The lowest BCUT2D eigenvalue weighted by molar-refractivity contribution is -0.137. The molecule has 1 rings (SSSR count). The molecule has 112 valence electrons. The molecule has 0 atom stereocenters. The van der Waals surface area contributed by atoms with Crippen molar-refractivity contribution in [1.82, 2.24) is 5.32 Å². The first kappa shape index (κ1) is 16.8. The van der Waals surface area contributed by atoms with E-state index in [-0.39, 0.29) is 22.8 Å². The Morgan fingerprint density at radius 2 is 1.85 bits per heavy atom. The number of hydrogen-bond donors (Lipinski definition) is 2. The van der Waals surface area contributed by atoms with E-state index in [1.165, 1.54) is 6.07 Å². The van der Waals surface area contributed by atoms with E-state index >= 15 is 0 Å². The summed E-state index contributed by atoms with van der Waals surface area (Å²) in [5, 5.41) is 5.09. The summed E-state index contributed by atoms with van der Waals surface area (Å²) in [5.41, 5.74) is -1.57. The highest BCUT2D eigenvalue weighted by atomic mass is 35.5. The topological polar surface area (TPSA) is 41.1 Å². The number of carbonyl (C=O) groups excluding carboxylic acids is 1. The molecule has 0 aliphatic heterocycles. The van der Waals surface area contributed by atoms with Gasteiger partial charge < -0.3 is 10.6 Å². The van der Waals surface area contributed by atoms with E-state index in [0.717, 1.165) is 12.1 Å². The number of anilines is 1. The second-order valence-corrected chi connectivity index (χ2v) is 5.78. The van der Waals surface area contributed by atoms with Crippen LogP contribution >= 0.6 is 11.6 Å². The van der Waals surface area contributed by atoms with Crippen molar-refractivity contribution in [1.29, 1.82) is 0 Å². The summed E-state index contributed by atoms with van der Waals surface area (Å²) in [6.45, 7) is 5.47. The van der Waals surface area contributed by atoms with Crippen molar-refractivity contribution in [3.63, 3.8) is 0 Å². The maximum atomic E-state index is 12.8. The molecule has 0 heterocycles. The van der Waals surface area contributed by atoms with Gasteiger partial charge in [0.25, 0.3) is 0 Å². The largest absolute Gasteiger partial charge is 0.418 e. The maximum absolute atomic E-state index is 12.8. The summed E-state index contributed by atoms with van der Waals surface area (Å²) in [6.07, 6.45) is -4.58. The highest BCUT2D eigenvalue weighted by Gasteiger charge is 2.34. The first-order chi connectivity index (χ1) is 8.99. The Labute approximate surface area is 120 Å². The van der Waals surface area contributed by atoms with Crippen molar-refractivity contribution in [2.75, 3.05) is 11.9 Å². The molecular formula is C13H16ClF3N2O. The third-order valence-electron chi connectivity index (χ3n) is 2.34. The van der Waals surface area contributed by atoms with Crippen LogP contribution in [0, 0.1) is 0 Å². The number of amides is 1. The van der Waals surface area contributed by atoms with Gasteiger partial charge in [-0.15, -0.1) is 0 Å². The number of nitrogens with one attached hydrogen (secondary N) is 2. The van der Waals surface area contributed by atoms with E-state index in [2.05, 4.69) is 10.6 Å². The molecule has 0 saturated carbocycles. The van der Waals surface area contributed by atoms with Gasteiger partial charge in [0, 0.05) is 10.6 Å². The smallest absolute Gasteiger partial charge is 0.324 e. The van der Waals surface area contributed by atoms with E-state index in [0.29, 0.717) is 0 Å². The summed E-state index contributed by atoms with van der Waals surface area (Å²) >= 11 is 5.56. The van der Waals surface area contributed by atoms with Gasteiger partial charge in [0.2, 0.25) is 5.91 Å². The summed E-state index contributed by atoms with van der Waals surface area (Å²) in [4.78, 5) is 11.6. The van der Waals surface area contributed by atoms with E-state index in [9.17, 15) is 18.0 Å². The summed E-state index contributed by atoms with van der Waals surface area (Å²) in [6, 6.07) is 3.22. The summed E-state index contributed by atoms with van der Waals surface area (Å²) in [5.74, 6) is -0.548. The standard InChI is InChI=1S/C13H16ClF3N2O/c1-12(2,3)18-7-11(20)19-10-5-4-8(14)6-9(10)13(15,16)17/h4-6,18H,7H2,1-3H3,(H,19,20). The number of halogens is 4. The molecule has 0 bridgehead atoms. The predicted molar refractivity (Wildman–Crippen MR) is 72.8 cm³/mol. The van der Waals surface area contributed by atoms with Crippen LogP contribution < -0.4 is 10.6 Å². The lowest BCUT2D eigenvalue weighted by Crippen LogP contribution is -2.41. The zero-order chi connectivity index (χ0) is 15.6. The average Bonchev–Trinajstić information content (AvgIpc) is 2.26. The first-order valence-corrected chi connectivity index (χ1v) is 6.28. The fourth-order valence-electron chi connectivity index (χ4n) is 1.40. The van der Waals surface area contributed by atoms with Gasteiger partial charge in [0.15, 0.2) is 0 Å². The number of carbonyl (C=O) groups is 1. The van der Waals surface area contributed by atoms with Crippen LogP contribution in [0.5, 0.6) is 0 Å². The molecule has 1 aromatic rings. The number of rotatable bonds is 3. The van der Waals surface area contributed by atoms with Crippen LogP contribution in [-0.2, 0) is 11.0 Å². The molecule has 2 N–H and O–H groups in total. The lowest BCUT2D eigenvalue weighted by Gasteiger charge is -2.20. The molecule has 0 aliphatic rings. The van der Waals surface area contributed by atoms with Gasteiger partial charge in [0.05, 0.1) is 17.8 Å². The predicted octanol–water partition coefficient (Wildman–Crippen LogP) is 3.69. The molecule has 0 unspecified atom stereocenters. The molecule has 7 heteroatoms. The van der Waals surface area contributed by atoms with Crippen molar-refractivity contribution in [3.05, 3.63) is 28.8 Å². The lowest BCUT2D eigenvalue weighted by atomic mass is 10.1. The Hall–Kier alpha value is -1.27. The van der Waals surface area contributed by atoms with E-state index in [4.69, 9.17) is 11.6 Å². The average molecular weight is 309 g/mol. The molecule has 1 amide bonds. The van der Waals surface area contributed by atoms with Crippen LogP contribution in [0.1, 0.15) is 26.3 Å². The van der Waals surface area contributed by atoms with Crippen LogP contribution in [0.15, 0.2) is 18.2 Å². The highest BCUT2D eigenvalue weighted by molar-refractivity contribution is 6.30.